The van der Waals surface area contributed by atoms with Crippen molar-refractivity contribution in [3.8, 4) is 0 Å². The van der Waals surface area contributed by atoms with Crippen LogP contribution in [0.25, 0.3) is 0 Å². The van der Waals surface area contributed by atoms with Crippen LogP contribution in [0.15, 0.2) is 0 Å². The second-order valence-electron chi connectivity index (χ2n) is 4.34. The number of carbonyl (C=O) groups is 2. The second-order valence-corrected chi connectivity index (χ2v) is 4.34. The maximum Gasteiger partial charge on any atom is 0.305 e. The molecule has 1 N–H and O–H groups in total. The lowest BCUT2D eigenvalue weighted by Gasteiger charge is -2.29. The van der Waals surface area contributed by atoms with Crippen LogP contribution in [0.2, 0.25) is 0 Å². The minimum Gasteiger partial charge on any atom is -0.481 e. The summed E-state index contributed by atoms with van der Waals surface area (Å²) in [6, 6.07) is 0.201. The molecule has 1 aliphatic carbocycles. The highest BCUT2D eigenvalue weighted by molar-refractivity contribution is 5.82. The standard InChI is InChI=1S/C11H17NO5/c13-10(14)3-4-12(8-1-2-8)11(15)9-7-16-5-6-17-9/h8-9H,1-7H2,(H,13,14). The van der Waals surface area contributed by atoms with Gasteiger partial charge in [-0.2, -0.15) is 0 Å². The average molecular weight is 243 g/mol. The molecule has 1 saturated carbocycles. The van der Waals surface area contributed by atoms with Crippen LogP contribution in [0.1, 0.15) is 19.3 Å². The van der Waals surface area contributed by atoms with Crippen LogP contribution < -0.4 is 0 Å². The van der Waals surface area contributed by atoms with Crippen LogP contribution in [0.5, 0.6) is 0 Å². The Labute approximate surface area is 99.5 Å². The van der Waals surface area contributed by atoms with Crippen LogP contribution in [-0.4, -0.2) is 60.4 Å². The van der Waals surface area contributed by atoms with Crippen LogP contribution in [0.3, 0.4) is 0 Å². The summed E-state index contributed by atoms with van der Waals surface area (Å²) in [5.41, 5.74) is 0. The molecular weight excluding hydrogens is 226 g/mol. The molecule has 1 atom stereocenters. The lowest BCUT2D eigenvalue weighted by molar-refractivity contribution is -0.159. The van der Waals surface area contributed by atoms with Gasteiger partial charge in [0.1, 0.15) is 0 Å². The third-order valence-corrected chi connectivity index (χ3v) is 2.93. The number of aliphatic carboxylic acids is 1. The summed E-state index contributed by atoms with van der Waals surface area (Å²) >= 11 is 0. The van der Waals surface area contributed by atoms with E-state index < -0.39 is 12.1 Å². The zero-order valence-corrected chi connectivity index (χ0v) is 9.63. The summed E-state index contributed by atoms with van der Waals surface area (Å²) in [4.78, 5) is 24.3. The molecule has 17 heavy (non-hydrogen) atoms. The van der Waals surface area contributed by atoms with Gasteiger partial charge in [0.05, 0.1) is 26.2 Å². The fourth-order valence-corrected chi connectivity index (χ4v) is 1.89. The first kappa shape index (κ1) is 12.3. The molecule has 0 aromatic rings. The van der Waals surface area contributed by atoms with Crippen LogP contribution in [0.4, 0.5) is 0 Å². The number of hydrogen-bond donors (Lipinski definition) is 1. The number of rotatable bonds is 5. The Kier molecular flexibility index (Phi) is 3.96. The fraction of sp³-hybridized carbons (Fsp3) is 0.818. The third kappa shape index (κ3) is 3.41. The first-order valence-corrected chi connectivity index (χ1v) is 5.90. The van der Waals surface area contributed by atoms with Gasteiger partial charge in [-0.25, -0.2) is 0 Å². The van der Waals surface area contributed by atoms with Crippen molar-refractivity contribution in [1.29, 1.82) is 0 Å². The molecule has 0 spiro atoms. The molecular formula is C11H17NO5. The van der Waals surface area contributed by atoms with Crippen LogP contribution in [-0.2, 0) is 19.1 Å². The van der Waals surface area contributed by atoms with Gasteiger partial charge in [-0.15, -0.1) is 0 Å². The van der Waals surface area contributed by atoms with Crippen LogP contribution >= 0.6 is 0 Å². The van der Waals surface area contributed by atoms with Gasteiger partial charge >= 0.3 is 5.97 Å². The van der Waals surface area contributed by atoms with Crippen molar-refractivity contribution in [1.82, 2.24) is 4.90 Å². The molecule has 0 aromatic carbocycles. The average Bonchev–Trinajstić information content (AvgIpc) is 3.14. The quantitative estimate of drug-likeness (QED) is 0.727. The van der Waals surface area contributed by atoms with Crippen molar-refractivity contribution in [3.63, 3.8) is 0 Å². The van der Waals surface area contributed by atoms with E-state index in [-0.39, 0.29) is 31.5 Å². The van der Waals surface area contributed by atoms with Crippen molar-refractivity contribution in [2.24, 2.45) is 0 Å². The van der Waals surface area contributed by atoms with E-state index in [1.54, 1.807) is 4.90 Å². The number of carbonyl (C=O) groups excluding carboxylic acids is 1. The zero-order chi connectivity index (χ0) is 12.3. The topological polar surface area (TPSA) is 76.1 Å². The first-order chi connectivity index (χ1) is 8.18. The highest BCUT2D eigenvalue weighted by atomic mass is 16.6. The summed E-state index contributed by atoms with van der Waals surface area (Å²) in [7, 11) is 0. The number of carboxylic acids is 1. The molecule has 2 aliphatic rings. The molecule has 0 radical (unpaired) electrons. The van der Waals surface area contributed by atoms with Gasteiger partial charge in [0.2, 0.25) is 0 Å². The normalized spacial score (nSPS) is 24.4. The lowest BCUT2D eigenvalue weighted by Crippen LogP contribution is -2.47. The minimum absolute atomic E-state index is 0.0180. The lowest BCUT2D eigenvalue weighted by atomic mass is 10.2. The van der Waals surface area contributed by atoms with Gasteiger partial charge in [-0.05, 0) is 12.8 Å². The van der Waals surface area contributed by atoms with Crippen molar-refractivity contribution in [3.05, 3.63) is 0 Å². The smallest absolute Gasteiger partial charge is 0.305 e. The van der Waals surface area contributed by atoms with E-state index in [0.29, 0.717) is 13.2 Å². The number of ether oxygens (including phenoxy) is 2. The molecule has 6 nitrogen and oxygen atoms in total. The van der Waals surface area contributed by atoms with Gasteiger partial charge in [-0.3, -0.25) is 9.59 Å². The summed E-state index contributed by atoms with van der Waals surface area (Å²) in [6.07, 6.45) is 1.34. The molecule has 0 bridgehead atoms. The predicted molar refractivity (Wildman–Crippen MR) is 57.5 cm³/mol. The monoisotopic (exact) mass is 243 g/mol. The number of amides is 1. The Hall–Kier alpha value is -1.14. The van der Waals surface area contributed by atoms with E-state index in [0.717, 1.165) is 12.8 Å². The minimum atomic E-state index is -0.885. The van der Waals surface area contributed by atoms with Gasteiger partial charge in [0.15, 0.2) is 6.10 Å². The largest absolute Gasteiger partial charge is 0.481 e. The maximum atomic E-state index is 12.1. The van der Waals surface area contributed by atoms with E-state index in [4.69, 9.17) is 14.6 Å². The molecule has 1 unspecified atom stereocenters. The number of nitrogens with zero attached hydrogens (tertiary/aromatic N) is 1. The summed E-state index contributed by atoms with van der Waals surface area (Å²) in [5.74, 6) is -1.02. The number of hydrogen-bond acceptors (Lipinski definition) is 4. The van der Waals surface area contributed by atoms with Crippen molar-refractivity contribution < 1.29 is 24.2 Å². The summed E-state index contributed by atoms with van der Waals surface area (Å²) in [6.45, 7) is 1.48. The Bertz CT molecular complexity index is 296. The van der Waals surface area contributed by atoms with Gasteiger partial charge in [0, 0.05) is 12.6 Å². The van der Waals surface area contributed by atoms with Gasteiger partial charge < -0.3 is 19.5 Å². The molecule has 6 heteroatoms. The highest BCUT2D eigenvalue weighted by Crippen LogP contribution is 2.28. The summed E-state index contributed by atoms with van der Waals surface area (Å²) < 4.78 is 10.5. The Morgan fingerprint density at radius 3 is 2.59 bits per heavy atom. The van der Waals surface area contributed by atoms with E-state index in [2.05, 4.69) is 0 Å². The number of carboxylic acid groups (broad SMARTS) is 1. The maximum absolute atomic E-state index is 12.1. The molecule has 1 amide bonds. The molecule has 0 aromatic heterocycles. The molecule has 1 saturated heterocycles. The first-order valence-electron chi connectivity index (χ1n) is 5.90. The zero-order valence-electron chi connectivity index (χ0n) is 9.63. The van der Waals surface area contributed by atoms with E-state index >= 15 is 0 Å². The van der Waals surface area contributed by atoms with Crippen LogP contribution in [0, 0.1) is 0 Å². The van der Waals surface area contributed by atoms with E-state index in [1.807, 2.05) is 0 Å². The fourth-order valence-electron chi connectivity index (χ4n) is 1.89. The predicted octanol–water partition coefficient (Wildman–Crippen LogP) is -0.133. The van der Waals surface area contributed by atoms with Gasteiger partial charge in [0.25, 0.3) is 5.91 Å². The Morgan fingerprint density at radius 1 is 1.29 bits per heavy atom. The SMILES string of the molecule is O=C(O)CCN(C(=O)C1COCCO1)C1CC1. The summed E-state index contributed by atoms with van der Waals surface area (Å²) in [5, 5.41) is 8.66. The second kappa shape index (κ2) is 5.46. The molecule has 2 rings (SSSR count). The van der Waals surface area contributed by atoms with Crippen molar-refractivity contribution in [2.45, 2.75) is 31.4 Å². The van der Waals surface area contributed by atoms with Gasteiger partial charge in [-0.1, -0.05) is 0 Å². The molecule has 96 valence electrons. The highest BCUT2D eigenvalue weighted by Gasteiger charge is 2.37. The Balaban J connectivity index is 1.89. The molecule has 1 heterocycles. The Morgan fingerprint density at radius 2 is 2.06 bits per heavy atom. The third-order valence-electron chi connectivity index (χ3n) is 2.93. The van der Waals surface area contributed by atoms with Crippen molar-refractivity contribution in [2.75, 3.05) is 26.4 Å². The molecule has 1 aliphatic heterocycles. The van der Waals surface area contributed by atoms with Crippen molar-refractivity contribution >= 4 is 11.9 Å². The van der Waals surface area contributed by atoms with E-state index in [1.165, 1.54) is 0 Å². The van der Waals surface area contributed by atoms with E-state index in [9.17, 15) is 9.59 Å². The molecule has 2 fully saturated rings.